The largest absolute Gasteiger partial charge is 0.374 e. The lowest BCUT2D eigenvalue weighted by atomic mass is 9.99. The molecule has 2 N–H and O–H groups in total. The predicted octanol–water partition coefficient (Wildman–Crippen LogP) is 2.53. The molecular weight excluding hydrogens is 236 g/mol. The highest BCUT2D eigenvalue weighted by atomic mass is 16.5. The summed E-state index contributed by atoms with van der Waals surface area (Å²) in [6.07, 6.45) is 0.186. The van der Waals surface area contributed by atoms with Crippen molar-refractivity contribution in [3.63, 3.8) is 0 Å². The van der Waals surface area contributed by atoms with Gasteiger partial charge in [-0.1, -0.05) is 38.1 Å². The van der Waals surface area contributed by atoms with Gasteiger partial charge in [0.15, 0.2) is 0 Å². The second-order valence-electron chi connectivity index (χ2n) is 5.72. The molecule has 19 heavy (non-hydrogen) atoms. The first kappa shape index (κ1) is 14.5. The molecule has 0 bridgehead atoms. The Bertz CT molecular complexity index is 388. The van der Waals surface area contributed by atoms with Crippen molar-refractivity contribution < 1.29 is 4.74 Å². The zero-order chi connectivity index (χ0) is 13.8. The Labute approximate surface area is 116 Å². The minimum absolute atomic E-state index is 0.186. The van der Waals surface area contributed by atoms with Crippen LogP contribution >= 0.6 is 0 Å². The molecule has 3 heteroatoms. The van der Waals surface area contributed by atoms with Gasteiger partial charge < -0.3 is 10.5 Å². The number of benzene rings is 1. The van der Waals surface area contributed by atoms with E-state index < -0.39 is 0 Å². The van der Waals surface area contributed by atoms with E-state index in [1.54, 1.807) is 0 Å². The van der Waals surface area contributed by atoms with Gasteiger partial charge in [0.25, 0.3) is 0 Å². The molecule has 106 valence electrons. The van der Waals surface area contributed by atoms with Gasteiger partial charge in [-0.15, -0.1) is 0 Å². The lowest BCUT2D eigenvalue weighted by Gasteiger charge is -2.36. The van der Waals surface area contributed by atoms with Crippen LogP contribution in [0.3, 0.4) is 0 Å². The third kappa shape index (κ3) is 3.56. The van der Waals surface area contributed by atoms with Crippen LogP contribution in [0.25, 0.3) is 0 Å². The molecule has 0 aromatic heterocycles. The Kier molecular flexibility index (Phi) is 4.97. The van der Waals surface area contributed by atoms with Gasteiger partial charge in [0, 0.05) is 25.7 Å². The fraction of sp³-hybridized carbons (Fsp3) is 0.625. The van der Waals surface area contributed by atoms with E-state index in [-0.39, 0.29) is 6.10 Å². The number of hydrogen-bond donors (Lipinski definition) is 1. The van der Waals surface area contributed by atoms with Gasteiger partial charge in [-0.25, -0.2) is 0 Å². The highest BCUT2D eigenvalue weighted by Crippen LogP contribution is 2.24. The number of hydrogen-bond acceptors (Lipinski definition) is 3. The number of nitrogens with two attached hydrogens (primary N) is 1. The first-order valence-electron chi connectivity index (χ1n) is 7.27. The van der Waals surface area contributed by atoms with Gasteiger partial charge in [-0.05, 0) is 24.0 Å². The van der Waals surface area contributed by atoms with Crippen molar-refractivity contribution in [3.8, 4) is 0 Å². The Morgan fingerprint density at radius 3 is 2.42 bits per heavy atom. The van der Waals surface area contributed by atoms with Crippen LogP contribution in [0.4, 0.5) is 0 Å². The maximum atomic E-state index is 5.71. The molecule has 0 amide bonds. The van der Waals surface area contributed by atoms with Crippen LogP contribution in [0.2, 0.25) is 0 Å². The van der Waals surface area contributed by atoms with Gasteiger partial charge in [0.05, 0.1) is 12.7 Å². The topological polar surface area (TPSA) is 38.5 Å². The lowest BCUT2D eigenvalue weighted by Crippen LogP contribution is -2.46. The van der Waals surface area contributed by atoms with Crippen LogP contribution in [0.15, 0.2) is 24.3 Å². The molecule has 1 aliphatic heterocycles. The molecule has 1 aromatic rings. The molecule has 2 rings (SSSR count). The molecule has 0 radical (unpaired) electrons. The number of ether oxygens (including phenoxy) is 1. The van der Waals surface area contributed by atoms with E-state index in [4.69, 9.17) is 10.5 Å². The van der Waals surface area contributed by atoms with Crippen molar-refractivity contribution in [2.45, 2.75) is 38.8 Å². The van der Waals surface area contributed by atoms with Crippen LogP contribution in [0.1, 0.15) is 43.9 Å². The minimum atomic E-state index is 0.186. The zero-order valence-corrected chi connectivity index (χ0v) is 12.3. The maximum Gasteiger partial charge on any atom is 0.0824 e. The predicted molar refractivity (Wildman–Crippen MR) is 79.3 cm³/mol. The first-order chi connectivity index (χ1) is 9.11. The van der Waals surface area contributed by atoms with E-state index in [2.05, 4.69) is 49.9 Å². The van der Waals surface area contributed by atoms with Crippen LogP contribution in [0.5, 0.6) is 0 Å². The molecule has 1 aliphatic rings. The summed E-state index contributed by atoms with van der Waals surface area (Å²) >= 11 is 0. The summed E-state index contributed by atoms with van der Waals surface area (Å²) in [7, 11) is 0. The Hall–Kier alpha value is -0.900. The average Bonchev–Trinajstić information content (AvgIpc) is 2.46. The number of rotatable bonds is 4. The quantitative estimate of drug-likeness (QED) is 0.906. The number of nitrogens with zero attached hydrogens (tertiary/aromatic N) is 1. The average molecular weight is 262 g/mol. The van der Waals surface area contributed by atoms with E-state index in [1.807, 2.05) is 0 Å². The monoisotopic (exact) mass is 262 g/mol. The SMILES string of the molecule is CC(C)c1ccc(C(C)N2CCOC(CN)C2)cc1. The molecule has 0 saturated carbocycles. The van der Waals surface area contributed by atoms with Gasteiger partial charge >= 0.3 is 0 Å². The molecule has 1 aromatic carbocycles. The van der Waals surface area contributed by atoms with Gasteiger partial charge in [-0.3, -0.25) is 4.90 Å². The maximum absolute atomic E-state index is 5.71. The summed E-state index contributed by atoms with van der Waals surface area (Å²) in [5.74, 6) is 0.592. The summed E-state index contributed by atoms with van der Waals surface area (Å²) < 4.78 is 5.63. The van der Waals surface area contributed by atoms with Crippen molar-refractivity contribution in [1.82, 2.24) is 4.90 Å². The fourth-order valence-electron chi connectivity index (χ4n) is 2.61. The summed E-state index contributed by atoms with van der Waals surface area (Å²) in [5.41, 5.74) is 8.48. The second-order valence-corrected chi connectivity index (χ2v) is 5.72. The second kappa shape index (κ2) is 6.51. The van der Waals surface area contributed by atoms with Crippen LogP contribution in [0, 0.1) is 0 Å². The third-order valence-corrected chi connectivity index (χ3v) is 4.07. The van der Waals surface area contributed by atoms with Crippen LogP contribution < -0.4 is 5.73 Å². The van der Waals surface area contributed by atoms with Crippen LogP contribution in [-0.4, -0.2) is 37.2 Å². The summed E-state index contributed by atoms with van der Waals surface area (Å²) in [6.45, 7) is 10.0. The van der Waals surface area contributed by atoms with Crippen molar-refractivity contribution in [3.05, 3.63) is 35.4 Å². The van der Waals surface area contributed by atoms with Gasteiger partial charge in [0.1, 0.15) is 0 Å². The zero-order valence-electron chi connectivity index (χ0n) is 12.3. The minimum Gasteiger partial charge on any atom is -0.374 e. The molecule has 0 aliphatic carbocycles. The van der Waals surface area contributed by atoms with E-state index in [9.17, 15) is 0 Å². The van der Waals surface area contributed by atoms with Crippen molar-refractivity contribution in [2.24, 2.45) is 5.73 Å². The molecule has 1 saturated heterocycles. The molecule has 1 heterocycles. The number of morpholine rings is 1. The summed E-state index contributed by atoms with van der Waals surface area (Å²) in [5, 5.41) is 0. The van der Waals surface area contributed by atoms with Gasteiger partial charge in [0.2, 0.25) is 0 Å². The van der Waals surface area contributed by atoms with Crippen molar-refractivity contribution >= 4 is 0 Å². The molecule has 0 spiro atoms. The van der Waals surface area contributed by atoms with Crippen molar-refractivity contribution in [1.29, 1.82) is 0 Å². The molecular formula is C16H26N2O. The highest BCUT2D eigenvalue weighted by molar-refractivity contribution is 5.26. The summed E-state index contributed by atoms with van der Waals surface area (Å²) in [6, 6.07) is 9.44. The van der Waals surface area contributed by atoms with Crippen molar-refractivity contribution in [2.75, 3.05) is 26.2 Å². The Morgan fingerprint density at radius 1 is 1.21 bits per heavy atom. The Balaban J connectivity index is 2.04. The van der Waals surface area contributed by atoms with E-state index >= 15 is 0 Å². The molecule has 2 unspecified atom stereocenters. The third-order valence-electron chi connectivity index (χ3n) is 4.07. The normalized spacial score (nSPS) is 22.7. The smallest absolute Gasteiger partial charge is 0.0824 e. The highest BCUT2D eigenvalue weighted by Gasteiger charge is 2.23. The standard InChI is InChI=1S/C16H26N2O/c1-12(2)14-4-6-15(7-5-14)13(3)18-8-9-19-16(10-17)11-18/h4-7,12-13,16H,8-11,17H2,1-3H3. The van der Waals surface area contributed by atoms with Crippen LogP contribution in [-0.2, 0) is 4.74 Å². The van der Waals surface area contributed by atoms with E-state index in [1.165, 1.54) is 11.1 Å². The fourth-order valence-corrected chi connectivity index (χ4v) is 2.61. The Morgan fingerprint density at radius 2 is 1.84 bits per heavy atom. The first-order valence-corrected chi connectivity index (χ1v) is 7.27. The molecule has 2 atom stereocenters. The van der Waals surface area contributed by atoms with Gasteiger partial charge in [-0.2, -0.15) is 0 Å². The molecule has 1 fully saturated rings. The van der Waals surface area contributed by atoms with E-state index in [0.29, 0.717) is 18.5 Å². The van der Waals surface area contributed by atoms with E-state index in [0.717, 1.165) is 19.7 Å². The molecule has 3 nitrogen and oxygen atoms in total. The summed E-state index contributed by atoms with van der Waals surface area (Å²) in [4.78, 5) is 2.46. The lowest BCUT2D eigenvalue weighted by molar-refractivity contribution is -0.0364.